The molecule has 1 saturated heterocycles. The summed E-state index contributed by atoms with van der Waals surface area (Å²) >= 11 is 0. The maximum Gasteiger partial charge on any atom is 0.258 e. The number of fused-ring (bicyclic) bond motifs is 3. The van der Waals surface area contributed by atoms with Crippen LogP contribution in [0.1, 0.15) is 56.3 Å². The molecule has 5 heteroatoms. The molecule has 2 bridgehead atoms. The lowest BCUT2D eigenvalue weighted by Gasteiger charge is -2.24. The highest BCUT2D eigenvalue weighted by Gasteiger charge is 2.39. The molecule has 0 saturated carbocycles. The van der Waals surface area contributed by atoms with Crippen molar-refractivity contribution >= 4 is 11.8 Å². The van der Waals surface area contributed by atoms with Crippen LogP contribution in [-0.4, -0.2) is 42.5 Å². The molecule has 2 aromatic rings. The van der Waals surface area contributed by atoms with E-state index in [2.05, 4.69) is 19.2 Å². The Bertz CT molecular complexity index is 949. The standard InChI is InChI=1S/C23H26N2O3/c1-13-9-19-12-25(13)23(27)20-11-18(14(2)15(3)21(20)28-19)10-16-5-7-17(8-6-16)22(26)24-4/h5-8,11,13,19H,9-10,12H2,1-4H3,(H,24,26)/t13-,19-/m0/s1. The van der Waals surface area contributed by atoms with Crippen molar-refractivity contribution in [1.82, 2.24) is 10.2 Å². The van der Waals surface area contributed by atoms with E-state index in [4.69, 9.17) is 4.74 Å². The van der Waals surface area contributed by atoms with Crippen molar-refractivity contribution < 1.29 is 14.3 Å². The zero-order valence-corrected chi connectivity index (χ0v) is 16.8. The van der Waals surface area contributed by atoms with Crippen molar-refractivity contribution in [3.8, 4) is 5.75 Å². The van der Waals surface area contributed by atoms with E-state index in [1.54, 1.807) is 7.05 Å². The molecule has 5 nitrogen and oxygen atoms in total. The number of ether oxygens (including phenoxy) is 1. The summed E-state index contributed by atoms with van der Waals surface area (Å²) in [5.41, 5.74) is 5.74. The molecule has 0 aliphatic carbocycles. The van der Waals surface area contributed by atoms with Crippen LogP contribution in [0.5, 0.6) is 5.75 Å². The van der Waals surface area contributed by atoms with Gasteiger partial charge in [0.25, 0.3) is 11.8 Å². The van der Waals surface area contributed by atoms with E-state index in [1.807, 2.05) is 42.2 Å². The summed E-state index contributed by atoms with van der Waals surface area (Å²) in [6, 6.07) is 9.82. The SMILES string of the molecule is CNC(=O)c1ccc(Cc2cc3c(c(C)c2C)O[C@H]2C[C@H](C)N(C2)C3=O)cc1. The average Bonchev–Trinajstić information content (AvgIpc) is 3.00. The van der Waals surface area contributed by atoms with E-state index in [1.165, 1.54) is 0 Å². The lowest BCUT2D eigenvalue weighted by molar-refractivity contribution is 0.0748. The summed E-state index contributed by atoms with van der Waals surface area (Å²) < 4.78 is 6.25. The van der Waals surface area contributed by atoms with Gasteiger partial charge in [-0.15, -0.1) is 0 Å². The van der Waals surface area contributed by atoms with Gasteiger partial charge in [-0.25, -0.2) is 0 Å². The lowest BCUT2D eigenvalue weighted by atomic mass is 9.92. The molecule has 2 aliphatic heterocycles. The highest BCUT2D eigenvalue weighted by molar-refractivity contribution is 5.99. The minimum atomic E-state index is -0.0930. The topological polar surface area (TPSA) is 58.6 Å². The Morgan fingerprint density at radius 3 is 2.61 bits per heavy atom. The Morgan fingerprint density at radius 2 is 1.93 bits per heavy atom. The van der Waals surface area contributed by atoms with Gasteiger partial charge in [0, 0.05) is 25.1 Å². The maximum atomic E-state index is 13.1. The second-order valence-electron chi connectivity index (χ2n) is 7.90. The molecule has 0 unspecified atom stereocenters. The third-order valence-electron chi connectivity index (χ3n) is 6.10. The molecule has 146 valence electrons. The third kappa shape index (κ3) is 3.05. The first-order valence-corrected chi connectivity index (χ1v) is 9.80. The van der Waals surface area contributed by atoms with Crippen molar-refractivity contribution in [2.75, 3.05) is 13.6 Å². The van der Waals surface area contributed by atoms with Gasteiger partial charge in [0.15, 0.2) is 0 Å². The molecule has 0 radical (unpaired) electrons. The molecule has 2 heterocycles. The van der Waals surface area contributed by atoms with Crippen molar-refractivity contribution in [2.45, 2.75) is 45.8 Å². The number of benzene rings is 2. The van der Waals surface area contributed by atoms with E-state index in [0.717, 1.165) is 34.4 Å². The van der Waals surface area contributed by atoms with E-state index in [0.29, 0.717) is 24.1 Å². The molecule has 1 N–H and O–H groups in total. The highest BCUT2D eigenvalue weighted by Crippen LogP contribution is 2.37. The molecular weight excluding hydrogens is 352 g/mol. The Morgan fingerprint density at radius 1 is 1.21 bits per heavy atom. The third-order valence-corrected chi connectivity index (χ3v) is 6.10. The molecule has 0 aromatic heterocycles. The minimum Gasteiger partial charge on any atom is -0.487 e. The quantitative estimate of drug-likeness (QED) is 0.892. The van der Waals surface area contributed by atoms with E-state index in [9.17, 15) is 9.59 Å². The van der Waals surface area contributed by atoms with Crippen molar-refractivity contribution in [3.63, 3.8) is 0 Å². The Labute approximate surface area is 165 Å². The lowest BCUT2D eigenvalue weighted by Crippen LogP contribution is -2.33. The number of rotatable bonds is 3. The fourth-order valence-electron chi connectivity index (χ4n) is 4.27. The molecule has 1 fully saturated rings. The monoisotopic (exact) mass is 378 g/mol. The second kappa shape index (κ2) is 6.97. The van der Waals surface area contributed by atoms with Gasteiger partial charge in [-0.3, -0.25) is 9.59 Å². The van der Waals surface area contributed by atoms with Crippen LogP contribution in [0.25, 0.3) is 0 Å². The first-order valence-electron chi connectivity index (χ1n) is 9.80. The Kier molecular flexibility index (Phi) is 4.61. The van der Waals surface area contributed by atoms with Crippen LogP contribution in [0.4, 0.5) is 0 Å². The Balaban J connectivity index is 1.69. The van der Waals surface area contributed by atoms with Crippen molar-refractivity contribution in [2.24, 2.45) is 0 Å². The first kappa shape index (κ1) is 18.5. The van der Waals surface area contributed by atoms with Crippen LogP contribution in [0, 0.1) is 13.8 Å². The van der Waals surface area contributed by atoms with Gasteiger partial charge < -0.3 is 15.0 Å². The van der Waals surface area contributed by atoms with Gasteiger partial charge >= 0.3 is 0 Å². The maximum absolute atomic E-state index is 13.1. The minimum absolute atomic E-state index is 0.0711. The molecule has 2 amide bonds. The number of hydrogen-bond acceptors (Lipinski definition) is 3. The second-order valence-corrected chi connectivity index (χ2v) is 7.90. The predicted molar refractivity (Wildman–Crippen MR) is 108 cm³/mol. The average molecular weight is 378 g/mol. The van der Waals surface area contributed by atoms with Crippen LogP contribution in [0.3, 0.4) is 0 Å². The summed E-state index contributed by atoms with van der Waals surface area (Å²) in [7, 11) is 1.63. The summed E-state index contributed by atoms with van der Waals surface area (Å²) in [6.07, 6.45) is 1.69. The number of carbonyl (C=O) groups excluding carboxylic acids is 2. The highest BCUT2D eigenvalue weighted by atomic mass is 16.5. The van der Waals surface area contributed by atoms with Crippen molar-refractivity contribution in [3.05, 3.63) is 63.7 Å². The first-order chi connectivity index (χ1) is 13.4. The van der Waals surface area contributed by atoms with Gasteiger partial charge in [0.1, 0.15) is 11.9 Å². The van der Waals surface area contributed by atoms with Gasteiger partial charge in [0.05, 0.1) is 12.1 Å². The number of nitrogens with zero attached hydrogens (tertiary/aromatic N) is 1. The molecule has 2 atom stereocenters. The van der Waals surface area contributed by atoms with Gasteiger partial charge in [0.2, 0.25) is 0 Å². The summed E-state index contributed by atoms with van der Waals surface area (Å²) in [5, 5.41) is 2.63. The molecule has 2 aliphatic rings. The van der Waals surface area contributed by atoms with Gasteiger partial charge in [-0.05, 0) is 67.6 Å². The van der Waals surface area contributed by atoms with E-state index >= 15 is 0 Å². The number of amides is 2. The van der Waals surface area contributed by atoms with Crippen LogP contribution < -0.4 is 10.1 Å². The Hall–Kier alpha value is -2.82. The fraction of sp³-hybridized carbons (Fsp3) is 0.391. The summed E-state index contributed by atoms with van der Waals surface area (Å²) in [5.74, 6) is 0.729. The zero-order valence-electron chi connectivity index (χ0n) is 16.8. The zero-order chi connectivity index (χ0) is 20.0. The molecule has 0 spiro atoms. The predicted octanol–water partition coefficient (Wildman–Crippen LogP) is 3.25. The van der Waals surface area contributed by atoms with Crippen LogP contribution >= 0.6 is 0 Å². The normalized spacial score (nSPS) is 20.4. The molecule has 2 aromatic carbocycles. The number of nitrogens with one attached hydrogen (secondary N) is 1. The van der Waals surface area contributed by atoms with E-state index in [-0.39, 0.29) is 24.0 Å². The van der Waals surface area contributed by atoms with E-state index < -0.39 is 0 Å². The summed E-state index contributed by atoms with van der Waals surface area (Å²) in [4.78, 5) is 26.8. The smallest absolute Gasteiger partial charge is 0.258 e. The molecular formula is C23H26N2O3. The van der Waals surface area contributed by atoms with Crippen LogP contribution in [0.2, 0.25) is 0 Å². The van der Waals surface area contributed by atoms with Crippen LogP contribution in [-0.2, 0) is 6.42 Å². The van der Waals surface area contributed by atoms with Gasteiger partial charge in [-0.2, -0.15) is 0 Å². The van der Waals surface area contributed by atoms with Crippen molar-refractivity contribution in [1.29, 1.82) is 0 Å². The van der Waals surface area contributed by atoms with Gasteiger partial charge in [-0.1, -0.05) is 12.1 Å². The fourth-order valence-corrected chi connectivity index (χ4v) is 4.27. The molecule has 4 rings (SSSR count). The largest absolute Gasteiger partial charge is 0.487 e. The summed E-state index contributed by atoms with van der Waals surface area (Å²) in [6.45, 7) is 6.88. The molecule has 28 heavy (non-hydrogen) atoms. The number of carbonyl (C=O) groups is 2. The van der Waals surface area contributed by atoms with Crippen LogP contribution in [0.15, 0.2) is 30.3 Å². The number of hydrogen-bond donors (Lipinski definition) is 1.